The third-order valence-electron chi connectivity index (χ3n) is 4.11. The number of azo groups is 1. The van der Waals surface area contributed by atoms with Gasteiger partial charge in [0.25, 0.3) is 0 Å². The summed E-state index contributed by atoms with van der Waals surface area (Å²) < 4.78 is 98.6. The van der Waals surface area contributed by atoms with Gasteiger partial charge in [-0.25, -0.2) is 0 Å². The standard InChI is InChI=1S/C16H13AsN2O11S2.3Na/c20-12-7-9(31(25,26)27)5-8-6-13(32(28,29)30)15(16(21)14(8)12)19-18-11-4-2-1-3-10(11)17(22,23)24;;;/h1-7,20-21H,(H2,22,23,24)(H,25,26,27)(H,28,29,30);;;/q;3*+1/p-2. The topological polar surface area (TPSA) is 237 Å². The van der Waals surface area contributed by atoms with E-state index < -0.39 is 82.2 Å². The normalized spacial score (nSPS) is 12.0. The summed E-state index contributed by atoms with van der Waals surface area (Å²) in [6.07, 6.45) is 0. The molecule has 13 nitrogen and oxygen atoms in total. The van der Waals surface area contributed by atoms with Crippen molar-refractivity contribution in [3.63, 3.8) is 0 Å². The van der Waals surface area contributed by atoms with Gasteiger partial charge in [-0.2, -0.15) is 0 Å². The summed E-state index contributed by atoms with van der Waals surface area (Å²) in [7, 11) is -9.97. The van der Waals surface area contributed by atoms with Crippen LogP contribution in [0.15, 0.2) is 62.5 Å². The molecule has 0 atom stereocenters. The zero-order valence-electron chi connectivity index (χ0n) is 18.3. The van der Waals surface area contributed by atoms with Crippen molar-refractivity contribution in [1.82, 2.24) is 0 Å². The van der Waals surface area contributed by atoms with Gasteiger partial charge in [0, 0.05) is 0 Å². The van der Waals surface area contributed by atoms with Crippen LogP contribution in [-0.2, 0) is 24.0 Å². The molecule has 0 bridgehead atoms. The maximum Gasteiger partial charge on any atom is 1.00 e. The number of rotatable bonds is 5. The molecular formula is C16H11AsN2Na3O11S2+. The van der Waals surface area contributed by atoms with Crippen molar-refractivity contribution in [2.75, 3.05) is 0 Å². The van der Waals surface area contributed by atoms with E-state index in [-0.39, 0.29) is 88.7 Å². The Morgan fingerprint density at radius 1 is 0.829 bits per heavy atom. The molecule has 0 amide bonds. The summed E-state index contributed by atoms with van der Waals surface area (Å²) in [5.74, 6) is -1.98. The van der Waals surface area contributed by atoms with Crippen LogP contribution >= 0.6 is 0 Å². The first-order valence-corrected chi connectivity index (χ1v) is 14.2. The third kappa shape index (κ3) is 8.10. The minimum absolute atomic E-state index is 0. The van der Waals surface area contributed by atoms with E-state index in [4.69, 9.17) is 4.55 Å². The first-order valence-electron chi connectivity index (χ1n) is 8.12. The monoisotopic (exact) mass is 615 g/mol. The van der Waals surface area contributed by atoms with E-state index in [0.29, 0.717) is 18.2 Å². The first-order chi connectivity index (χ1) is 14.6. The summed E-state index contributed by atoms with van der Waals surface area (Å²) in [6, 6.07) is 6.46. The molecule has 0 aliphatic heterocycles. The Morgan fingerprint density at radius 2 is 1.40 bits per heavy atom. The van der Waals surface area contributed by atoms with Gasteiger partial charge < -0.3 is 0 Å². The Balaban J connectivity index is 0.00000385. The SMILES string of the molecule is O=S(=O)(O)c1cc(O)c2c(O)c(N=Nc3ccccc3[As](=O)([O-])[O-])c(S(=O)(=O)O)cc2c1.[Na+].[Na+].[Na+]. The molecule has 0 heterocycles. The molecule has 35 heavy (non-hydrogen) atoms. The zero-order valence-corrected chi connectivity index (χ0v) is 27.9. The van der Waals surface area contributed by atoms with E-state index in [2.05, 4.69) is 10.2 Å². The summed E-state index contributed by atoms with van der Waals surface area (Å²) in [5, 5.41) is 26.6. The maximum absolute atomic E-state index is 11.8. The molecule has 0 spiro atoms. The molecular weight excluding hydrogens is 604 g/mol. The van der Waals surface area contributed by atoms with Crippen molar-refractivity contribution < 1.29 is 137 Å². The van der Waals surface area contributed by atoms with Gasteiger partial charge in [0.05, 0.1) is 0 Å². The van der Waals surface area contributed by atoms with Crippen molar-refractivity contribution in [2.45, 2.75) is 9.79 Å². The van der Waals surface area contributed by atoms with Crippen molar-refractivity contribution in [3.05, 3.63) is 42.5 Å². The summed E-state index contributed by atoms with van der Waals surface area (Å²) >= 11 is -5.97. The van der Waals surface area contributed by atoms with Gasteiger partial charge in [0.2, 0.25) is 0 Å². The molecule has 0 saturated heterocycles. The van der Waals surface area contributed by atoms with E-state index in [1.54, 1.807) is 0 Å². The Morgan fingerprint density at radius 3 is 1.91 bits per heavy atom. The van der Waals surface area contributed by atoms with E-state index in [1.165, 1.54) is 12.1 Å². The number of phenolic OH excluding ortho intramolecular Hbond substituents is 2. The maximum atomic E-state index is 11.8. The average Bonchev–Trinajstić information content (AvgIpc) is 2.64. The molecule has 0 unspecified atom stereocenters. The van der Waals surface area contributed by atoms with E-state index in [9.17, 15) is 43.5 Å². The summed E-state index contributed by atoms with van der Waals surface area (Å²) in [4.78, 5) is -1.93. The minimum Gasteiger partial charge on any atom is 1.00 e. The predicted molar refractivity (Wildman–Crippen MR) is 104 cm³/mol. The van der Waals surface area contributed by atoms with Crippen LogP contribution in [0.2, 0.25) is 0 Å². The summed E-state index contributed by atoms with van der Waals surface area (Å²) in [6.45, 7) is 0. The van der Waals surface area contributed by atoms with Crippen LogP contribution in [0.25, 0.3) is 10.8 Å². The van der Waals surface area contributed by atoms with Gasteiger partial charge in [-0.3, -0.25) is 0 Å². The van der Waals surface area contributed by atoms with Crippen LogP contribution in [0, 0.1) is 0 Å². The number of benzene rings is 3. The Labute approximate surface area is 268 Å². The average molecular weight is 615 g/mol. The van der Waals surface area contributed by atoms with Gasteiger partial charge in [-0.15, -0.1) is 0 Å². The fourth-order valence-corrected chi connectivity index (χ4v) is 5.36. The van der Waals surface area contributed by atoms with Gasteiger partial charge in [0.15, 0.2) is 0 Å². The fraction of sp³-hybridized carbons (Fsp3) is 0. The van der Waals surface area contributed by atoms with Gasteiger partial charge in [-0.05, 0) is 0 Å². The molecule has 0 saturated carbocycles. The third-order valence-corrected chi connectivity index (χ3v) is 7.84. The zero-order chi connectivity index (χ0) is 24.1. The van der Waals surface area contributed by atoms with Crippen LogP contribution in [0.3, 0.4) is 0 Å². The molecule has 0 fully saturated rings. The molecule has 0 aromatic heterocycles. The number of fused-ring (bicyclic) bond motifs is 1. The number of phenols is 2. The van der Waals surface area contributed by atoms with Crippen LogP contribution in [0.4, 0.5) is 11.4 Å². The Kier molecular flexibility index (Phi) is 12.9. The second-order valence-corrected chi connectivity index (χ2v) is 12.2. The van der Waals surface area contributed by atoms with Crippen LogP contribution in [0.5, 0.6) is 11.5 Å². The second-order valence-electron chi connectivity index (χ2n) is 6.25. The molecule has 4 N–H and O–H groups in total. The predicted octanol–water partition coefficient (Wildman–Crippen LogP) is -9.53. The number of hydrogen-bond donors (Lipinski definition) is 4. The van der Waals surface area contributed by atoms with Crippen molar-refractivity contribution in [2.24, 2.45) is 10.2 Å². The number of nitrogens with zero attached hydrogens (tertiary/aromatic N) is 2. The molecule has 170 valence electrons. The van der Waals surface area contributed by atoms with E-state index >= 15 is 0 Å². The molecule has 0 aliphatic carbocycles. The van der Waals surface area contributed by atoms with Crippen LogP contribution in [0.1, 0.15) is 0 Å². The molecule has 3 aromatic rings. The second kappa shape index (κ2) is 12.8. The van der Waals surface area contributed by atoms with E-state index in [1.807, 2.05) is 0 Å². The van der Waals surface area contributed by atoms with Crippen molar-refractivity contribution in [3.8, 4) is 11.5 Å². The number of aromatic hydroxyl groups is 2. The first kappa shape index (κ1) is 35.2. The summed E-state index contributed by atoms with van der Waals surface area (Å²) in [5.41, 5.74) is -1.42. The molecule has 19 heteroatoms. The smallest absolute Gasteiger partial charge is 1.00 e. The Bertz CT molecular complexity index is 1560. The molecule has 3 aromatic carbocycles. The van der Waals surface area contributed by atoms with Gasteiger partial charge in [0.1, 0.15) is 0 Å². The molecule has 0 aliphatic rings. The van der Waals surface area contributed by atoms with Gasteiger partial charge >= 0.3 is 272 Å². The molecule has 0 radical (unpaired) electrons. The van der Waals surface area contributed by atoms with Crippen molar-refractivity contribution >= 4 is 60.9 Å². The fourth-order valence-electron chi connectivity index (χ4n) is 2.76. The van der Waals surface area contributed by atoms with Crippen molar-refractivity contribution in [1.29, 1.82) is 0 Å². The largest absolute Gasteiger partial charge is 1.00 e. The molecule has 3 rings (SSSR count). The quantitative estimate of drug-likeness (QED) is 0.119. The minimum atomic E-state index is -5.97. The number of hydrogen-bond acceptors (Lipinski definition) is 11. The van der Waals surface area contributed by atoms with Gasteiger partial charge in [-0.1, -0.05) is 0 Å². The van der Waals surface area contributed by atoms with Crippen LogP contribution < -0.4 is 101 Å². The van der Waals surface area contributed by atoms with Crippen LogP contribution in [-0.4, -0.2) is 50.3 Å². The van der Waals surface area contributed by atoms with E-state index in [0.717, 1.165) is 12.1 Å². The Hall–Kier alpha value is 0.218.